The number of carboxylic acids is 1. The van der Waals surface area contributed by atoms with E-state index in [9.17, 15) is 9.59 Å². The maximum Gasteiger partial charge on any atom is 0.338 e. The molecular weight excluding hydrogens is 272 g/mol. The van der Waals surface area contributed by atoms with Crippen molar-refractivity contribution >= 4 is 29.4 Å². The zero-order valence-corrected chi connectivity index (χ0v) is 10.1. The highest BCUT2D eigenvalue weighted by Gasteiger charge is 2.18. The van der Waals surface area contributed by atoms with Crippen molar-refractivity contribution in [3.8, 4) is 0 Å². The molecule has 0 aliphatic heterocycles. The molecule has 19 heavy (non-hydrogen) atoms. The summed E-state index contributed by atoms with van der Waals surface area (Å²) >= 11 is 5.64. The van der Waals surface area contributed by atoms with E-state index in [1.54, 1.807) is 0 Å². The zero-order chi connectivity index (χ0) is 13.8. The number of halogens is 1. The molecule has 0 bridgehead atoms. The van der Waals surface area contributed by atoms with Crippen LogP contribution in [0.1, 0.15) is 20.8 Å². The van der Waals surface area contributed by atoms with Crippen molar-refractivity contribution in [2.75, 3.05) is 5.32 Å². The van der Waals surface area contributed by atoms with Crippen molar-refractivity contribution in [2.24, 2.45) is 0 Å². The minimum atomic E-state index is -1.25. The van der Waals surface area contributed by atoms with Gasteiger partial charge in [-0.3, -0.25) is 15.1 Å². The third-order valence-electron chi connectivity index (χ3n) is 2.10. The number of nitrogens with zero attached hydrogens (tertiary/aromatic N) is 3. The molecule has 0 radical (unpaired) electrons. The molecule has 0 saturated heterocycles. The molecule has 8 heteroatoms. The molecule has 0 saturated carbocycles. The Kier molecular flexibility index (Phi) is 3.67. The molecule has 0 atom stereocenters. The first-order valence-corrected chi connectivity index (χ1v) is 5.44. The fourth-order valence-electron chi connectivity index (χ4n) is 1.32. The molecule has 0 aromatic carbocycles. The Balaban J connectivity index is 2.28. The minimum absolute atomic E-state index is 0.0282. The van der Waals surface area contributed by atoms with Crippen LogP contribution in [0.15, 0.2) is 30.6 Å². The van der Waals surface area contributed by atoms with Crippen LogP contribution in [0.4, 0.5) is 5.95 Å². The predicted molar refractivity (Wildman–Crippen MR) is 66.2 cm³/mol. The molecule has 7 nitrogen and oxygen atoms in total. The number of carboxylic acid groups (broad SMARTS) is 1. The van der Waals surface area contributed by atoms with Crippen LogP contribution < -0.4 is 5.32 Å². The van der Waals surface area contributed by atoms with E-state index in [-0.39, 0.29) is 22.4 Å². The Hall–Kier alpha value is -2.54. The van der Waals surface area contributed by atoms with Crippen LogP contribution in [0.2, 0.25) is 5.15 Å². The van der Waals surface area contributed by atoms with E-state index in [2.05, 4.69) is 20.3 Å². The van der Waals surface area contributed by atoms with E-state index >= 15 is 0 Å². The summed E-state index contributed by atoms with van der Waals surface area (Å²) in [6, 6.07) is 4.15. The normalized spacial score (nSPS) is 9.95. The van der Waals surface area contributed by atoms with Crippen LogP contribution >= 0.6 is 11.6 Å². The van der Waals surface area contributed by atoms with Gasteiger partial charge in [-0.1, -0.05) is 11.6 Å². The average molecular weight is 279 g/mol. The highest BCUT2D eigenvalue weighted by Crippen LogP contribution is 2.10. The molecule has 0 unspecified atom stereocenters. The number of hydrogen-bond acceptors (Lipinski definition) is 5. The lowest BCUT2D eigenvalue weighted by atomic mass is 10.2. The lowest BCUT2D eigenvalue weighted by molar-refractivity contribution is 0.0691. The van der Waals surface area contributed by atoms with Crippen LogP contribution in [0, 0.1) is 0 Å². The van der Waals surface area contributed by atoms with Crippen molar-refractivity contribution in [2.45, 2.75) is 0 Å². The molecular formula is C11H7ClN4O3. The third kappa shape index (κ3) is 3.02. The lowest BCUT2D eigenvalue weighted by Gasteiger charge is -2.05. The Labute approximate surface area is 112 Å². The number of pyridine rings is 1. The highest BCUT2D eigenvalue weighted by atomic mass is 35.5. The van der Waals surface area contributed by atoms with E-state index in [0.717, 1.165) is 0 Å². The van der Waals surface area contributed by atoms with Gasteiger partial charge in [-0.05, 0) is 18.2 Å². The Morgan fingerprint density at radius 1 is 1.21 bits per heavy atom. The summed E-state index contributed by atoms with van der Waals surface area (Å²) in [5.41, 5.74) is -0.430. The number of anilines is 1. The maximum absolute atomic E-state index is 11.9. The van der Waals surface area contributed by atoms with Gasteiger partial charge in [-0.2, -0.15) is 0 Å². The fourth-order valence-corrected chi connectivity index (χ4v) is 1.45. The summed E-state index contributed by atoms with van der Waals surface area (Å²) in [6.45, 7) is 0. The number of amides is 1. The molecule has 2 aromatic heterocycles. The molecule has 1 amide bonds. The summed E-state index contributed by atoms with van der Waals surface area (Å²) in [6.07, 6.45) is 2.68. The maximum atomic E-state index is 11.9. The van der Waals surface area contributed by atoms with E-state index < -0.39 is 11.9 Å². The first-order chi connectivity index (χ1) is 9.08. The van der Waals surface area contributed by atoms with Gasteiger partial charge in [0.05, 0.1) is 5.56 Å². The number of hydrogen-bond donors (Lipinski definition) is 2. The number of aromatic nitrogens is 3. The van der Waals surface area contributed by atoms with Gasteiger partial charge in [-0.15, -0.1) is 0 Å². The summed E-state index contributed by atoms with van der Waals surface area (Å²) < 4.78 is 0. The monoisotopic (exact) mass is 278 g/mol. The van der Waals surface area contributed by atoms with Gasteiger partial charge in [0.1, 0.15) is 10.8 Å². The number of carbonyl (C=O) groups is 2. The highest BCUT2D eigenvalue weighted by molar-refractivity contribution is 6.29. The standard InChI is InChI=1S/C11H7ClN4O3/c12-7-3-5-14-11(15-7)16-9(17)8-6(10(18)19)2-1-4-13-8/h1-5H,(H,18,19)(H,14,15,16,17). The van der Waals surface area contributed by atoms with Gasteiger partial charge in [0, 0.05) is 12.4 Å². The number of carbonyl (C=O) groups excluding carboxylic acids is 1. The predicted octanol–water partition coefficient (Wildman–Crippen LogP) is 1.48. The largest absolute Gasteiger partial charge is 0.478 e. The van der Waals surface area contributed by atoms with Crippen molar-refractivity contribution in [3.05, 3.63) is 47.0 Å². The first-order valence-electron chi connectivity index (χ1n) is 5.06. The number of nitrogens with one attached hydrogen (secondary N) is 1. The third-order valence-corrected chi connectivity index (χ3v) is 2.31. The van der Waals surface area contributed by atoms with Crippen molar-refractivity contribution < 1.29 is 14.7 Å². The summed E-state index contributed by atoms with van der Waals surface area (Å²) in [7, 11) is 0. The van der Waals surface area contributed by atoms with Gasteiger partial charge in [0.2, 0.25) is 5.95 Å². The second-order valence-electron chi connectivity index (χ2n) is 3.36. The molecule has 0 aliphatic rings. The molecule has 0 aliphatic carbocycles. The SMILES string of the molecule is O=C(O)c1cccnc1C(=O)Nc1nccc(Cl)n1. The van der Waals surface area contributed by atoms with Crippen molar-refractivity contribution in [3.63, 3.8) is 0 Å². The molecule has 2 N–H and O–H groups in total. The molecule has 0 spiro atoms. The topological polar surface area (TPSA) is 105 Å². The fraction of sp³-hybridized carbons (Fsp3) is 0. The Morgan fingerprint density at radius 3 is 2.68 bits per heavy atom. The van der Waals surface area contributed by atoms with E-state index in [1.165, 1.54) is 30.6 Å². The lowest BCUT2D eigenvalue weighted by Crippen LogP contribution is -2.19. The van der Waals surface area contributed by atoms with Crippen LogP contribution in [0.3, 0.4) is 0 Å². The van der Waals surface area contributed by atoms with Crippen molar-refractivity contribution in [1.82, 2.24) is 15.0 Å². The first kappa shape index (κ1) is 12.9. The van der Waals surface area contributed by atoms with Crippen LogP contribution in [-0.2, 0) is 0 Å². The van der Waals surface area contributed by atoms with Crippen LogP contribution in [0.5, 0.6) is 0 Å². The van der Waals surface area contributed by atoms with E-state index in [1.807, 2.05) is 0 Å². The Bertz CT molecular complexity index is 647. The van der Waals surface area contributed by atoms with Crippen LogP contribution in [0.25, 0.3) is 0 Å². The summed E-state index contributed by atoms with van der Waals surface area (Å²) in [4.78, 5) is 34.1. The number of aromatic carboxylic acids is 1. The van der Waals surface area contributed by atoms with E-state index in [4.69, 9.17) is 16.7 Å². The molecule has 0 fully saturated rings. The summed E-state index contributed by atoms with van der Waals surface area (Å²) in [5.74, 6) is -2.00. The zero-order valence-electron chi connectivity index (χ0n) is 9.37. The molecule has 2 heterocycles. The number of rotatable bonds is 3. The smallest absolute Gasteiger partial charge is 0.338 e. The van der Waals surface area contributed by atoms with Gasteiger partial charge < -0.3 is 5.11 Å². The second-order valence-corrected chi connectivity index (χ2v) is 3.75. The average Bonchev–Trinajstić information content (AvgIpc) is 2.38. The quantitative estimate of drug-likeness (QED) is 0.824. The Morgan fingerprint density at radius 2 is 2.00 bits per heavy atom. The molecule has 2 aromatic rings. The van der Waals surface area contributed by atoms with E-state index in [0.29, 0.717) is 0 Å². The van der Waals surface area contributed by atoms with Gasteiger partial charge >= 0.3 is 5.97 Å². The second kappa shape index (κ2) is 5.40. The van der Waals surface area contributed by atoms with Crippen LogP contribution in [-0.4, -0.2) is 31.9 Å². The minimum Gasteiger partial charge on any atom is -0.478 e. The van der Waals surface area contributed by atoms with Gasteiger partial charge in [0.25, 0.3) is 5.91 Å². The molecule has 96 valence electrons. The van der Waals surface area contributed by atoms with Gasteiger partial charge in [-0.25, -0.2) is 14.8 Å². The molecule has 2 rings (SSSR count). The van der Waals surface area contributed by atoms with Gasteiger partial charge in [0.15, 0.2) is 0 Å². The van der Waals surface area contributed by atoms with Crippen molar-refractivity contribution in [1.29, 1.82) is 0 Å². The summed E-state index contributed by atoms with van der Waals surface area (Å²) in [5, 5.41) is 11.4.